The number of nitrogens with one attached hydrogen (secondary N) is 1. The first-order valence-corrected chi connectivity index (χ1v) is 8.43. The average Bonchev–Trinajstić information content (AvgIpc) is 2.94. The molecule has 0 radical (unpaired) electrons. The monoisotopic (exact) mass is 350 g/mol. The van der Waals surface area contributed by atoms with Crippen molar-refractivity contribution in [3.05, 3.63) is 0 Å². The van der Waals surface area contributed by atoms with Crippen LogP contribution < -0.4 is 5.32 Å². The Morgan fingerprint density at radius 3 is 2.42 bits per heavy atom. The van der Waals surface area contributed by atoms with E-state index in [-0.39, 0.29) is 0 Å². The zero-order chi connectivity index (χ0) is 18.1. The molecule has 2 N–H and O–H groups in total. The van der Waals surface area contributed by atoms with Crippen LogP contribution in [0, 0.1) is 29.6 Å². The van der Waals surface area contributed by atoms with Crippen LogP contribution >= 0.6 is 0 Å². The largest absolute Gasteiger partial charge is 0.481 e. The molecule has 1 aliphatic heterocycles. The number of amides is 2. The summed E-state index contributed by atoms with van der Waals surface area (Å²) in [5.74, 6) is -3.78. The molecule has 2 aliphatic rings. The first-order valence-electron chi connectivity index (χ1n) is 8.43. The van der Waals surface area contributed by atoms with Crippen molar-refractivity contribution in [1.29, 1.82) is 0 Å². The van der Waals surface area contributed by atoms with Crippen molar-refractivity contribution < 1.29 is 27.9 Å². The standard InChI is InChI=1S/C16H25F3N2O3/c1-9-4-3-5-11(10(9)2)6-20-15(24)21-7-12(14(22)23)13(8-21)16(17,18)19/h9-13H,3-8H2,1-2H3,(H,20,24)(H,22,23)/t9?,10?,11?,12-,13-/m1/s1. The van der Waals surface area contributed by atoms with E-state index >= 15 is 0 Å². The summed E-state index contributed by atoms with van der Waals surface area (Å²) < 4.78 is 38.9. The molecule has 0 bridgehead atoms. The normalized spacial score (nSPS) is 34.2. The summed E-state index contributed by atoms with van der Waals surface area (Å²) in [6.45, 7) is 3.74. The molecule has 0 spiro atoms. The minimum atomic E-state index is -4.62. The van der Waals surface area contributed by atoms with E-state index in [0.717, 1.165) is 24.2 Å². The number of carboxylic acids is 1. The van der Waals surface area contributed by atoms with E-state index in [1.807, 2.05) is 0 Å². The van der Waals surface area contributed by atoms with Crippen molar-refractivity contribution in [2.75, 3.05) is 19.6 Å². The van der Waals surface area contributed by atoms with Crippen molar-refractivity contribution in [1.82, 2.24) is 10.2 Å². The maximum absolute atomic E-state index is 13.0. The number of rotatable bonds is 3. The fraction of sp³-hybridized carbons (Fsp3) is 0.875. The van der Waals surface area contributed by atoms with Crippen LogP contribution in [0.2, 0.25) is 0 Å². The first-order chi connectivity index (χ1) is 11.1. The van der Waals surface area contributed by atoms with Crippen molar-refractivity contribution >= 4 is 12.0 Å². The van der Waals surface area contributed by atoms with Crippen molar-refractivity contribution in [3.63, 3.8) is 0 Å². The third-order valence-electron chi connectivity index (χ3n) is 5.74. The Morgan fingerprint density at radius 2 is 1.88 bits per heavy atom. The number of carboxylic acid groups (broad SMARTS) is 1. The maximum atomic E-state index is 13.0. The quantitative estimate of drug-likeness (QED) is 0.822. The summed E-state index contributed by atoms with van der Waals surface area (Å²) in [6.07, 6.45) is -1.38. The van der Waals surface area contributed by atoms with Crippen LogP contribution in [0.25, 0.3) is 0 Å². The SMILES string of the molecule is CC1CCCC(CNC(=O)N2C[C@@H](C(F)(F)F)[C@H](C(=O)O)C2)C1C. The highest BCUT2D eigenvalue weighted by molar-refractivity contribution is 5.77. The molecule has 138 valence electrons. The molecule has 0 aromatic heterocycles. The molecule has 5 nitrogen and oxygen atoms in total. The molecule has 0 aromatic rings. The van der Waals surface area contributed by atoms with E-state index in [1.54, 1.807) is 0 Å². The topological polar surface area (TPSA) is 69.6 Å². The zero-order valence-electron chi connectivity index (χ0n) is 14.0. The summed E-state index contributed by atoms with van der Waals surface area (Å²) >= 11 is 0. The molecule has 2 fully saturated rings. The summed E-state index contributed by atoms with van der Waals surface area (Å²) in [6, 6.07) is -0.599. The van der Waals surface area contributed by atoms with E-state index in [1.165, 1.54) is 0 Å². The van der Waals surface area contributed by atoms with Crippen LogP contribution in [0.4, 0.5) is 18.0 Å². The fourth-order valence-electron chi connectivity index (χ4n) is 3.86. The number of aliphatic carboxylic acids is 1. The van der Waals surface area contributed by atoms with Gasteiger partial charge in [0.25, 0.3) is 0 Å². The summed E-state index contributed by atoms with van der Waals surface area (Å²) in [4.78, 5) is 24.2. The second-order valence-electron chi connectivity index (χ2n) is 7.21. The van der Waals surface area contributed by atoms with Crippen molar-refractivity contribution in [2.45, 2.75) is 39.3 Å². The molecule has 2 rings (SSSR count). The Kier molecular flexibility index (Phi) is 5.65. The van der Waals surface area contributed by atoms with Crippen LogP contribution in [0.5, 0.6) is 0 Å². The number of hydrogen-bond acceptors (Lipinski definition) is 2. The third kappa shape index (κ3) is 4.13. The van der Waals surface area contributed by atoms with E-state index in [4.69, 9.17) is 5.11 Å². The van der Waals surface area contributed by atoms with Gasteiger partial charge in [0.15, 0.2) is 0 Å². The van der Waals surface area contributed by atoms with Crippen molar-refractivity contribution in [2.24, 2.45) is 29.6 Å². The predicted molar refractivity (Wildman–Crippen MR) is 81.3 cm³/mol. The molecule has 1 aliphatic carbocycles. The van der Waals surface area contributed by atoms with Gasteiger partial charge in [0.2, 0.25) is 0 Å². The lowest BCUT2D eigenvalue weighted by atomic mass is 9.74. The van der Waals surface area contributed by atoms with Crippen LogP contribution in [0.3, 0.4) is 0 Å². The lowest BCUT2D eigenvalue weighted by Crippen LogP contribution is -2.43. The number of carbonyl (C=O) groups is 2. The maximum Gasteiger partial charge on any atom is 0.394 e. The molecule has 1 saturated carbocycles. The van der Waals surface area contributed by atoms with Crippen molar-refractivity contribution in [3.8, 4) is 0 Å². The van der Waals surface area contributed by atoms with Crippen LogP contribution in [0.15, 0.2) is 0 Å². The number of nitrogens with zero attached hydrogens (tertiary/aromatic N) is 1. The van der Waals surface area contributed by atoms with Gasteiger partial charge in [-0.1, -0.05) is 26.7 Å². The molecular weight excluding hydrogens is 325 g/mol. The summed E-state index contributed by atoms with van der Waals surface area (Å²) in [7, 11) is 0. The average molecular weight is 350 g/mol. The number of alkyl halides is 3. The summed E-state index contributed by atoms with van der Waals surface area (Å²) in [5, 5.41) is 11.7. The van der Waals surface area contributed by atoms with E-state index in [9.17, 15) is 22.8 Å². The number of urea groups is 1. The number of likely N-dealkylation sites (tertiary alicyclic amines) is 1. The Hall–Kier alpha value is -1.47. The summed E-state index contributed by atoms with van der Waals surface area (Å²) in [5.41, 5.74) is 0. The zero-order valence-corrected chi connectivity index (χ0v) is 14.0. The van der Waals surface area contributed by atoms with Gasteiger partial charge in [-0.05, 0) is 24.2 Å². The molecule has 1 heterocycles. The number of carbonyl (C=O) groups excluding carboxylic acids is 1. The van der Waals surface area contributed by atoms with Gasteiger partial charge in [-0.25, -0.2) is 4.79 Å². The number of halogens is 3. The Bertz CT molecular complexity index is 484. The molecule has 5 atom stereocenters. The van der Waals surface area contributed by atoms with E-state index in [2.05, 4.69) is 19.2 Å². The van der Waals surface area contributed by atoms with Gasteiger partial charge in [-0.15, -0.1) is 0 Å². The molecule has 0 aromatic carbocycles. The lowest BCUT2D eigenvalue weighted by molar-refractivity contribution is -0.187. The van der Waals surface area contributed by atoms with Crippen LogP contribution in [-0.4, -0.2) is 47.8 Å². The third-order valence-corrected chi connectivity index (χ3v) is 5.74. The lowest BCUT2D eigenvalue weighted by Gasteiger charge is -2.34. The second-order valence-corrected chi connectivity index (χ2v) is 7.21. The molecule has 24 heavy (non-hydrogen) atoms. The van der Waals surface area contributed by atoms with E-state index < -0.39 is 43.1 Å². The van der Waals surface area contributed by atoms with Gasteiger partial charge in [0.05, 0.1) is 11.8 Å². The predicted octanol–water partition coefficient (Wildman–Crippen LogP) is 2.96. The molecule has 1 saturated heterocycles. The first kappa shape index (κ1) is 18.9. The van der Waals surface area contributed by atoms with Gasteiger partial charge in [-0.2, -0.15) is 13.2 Å². The highest BCUT2D eigenvalue weighted by Crippen LogP contribution is 2.38. The van der Waals surface area contributed by atoms with Crippen LogP contribution in [0.1, 0.15) is 33.1 Å². The highest BCUT2D eigenvalue weighted by atomic mass is 19.4. The van der Waals surface area contributed by atoms with Gasteiger partial charge < -0.3 is 15.3 Å². The Morgan fingerprint density at radius 1 is 1.21 bits per heavy atom. The van der Waals surface area contributed by atoms with E-state index in [0.29, 0.717) is 24.3 Å². The molecule has 3 unspecified atom stereocenters. The Balaban J connectivity index is 1.92. The Labute approximate surface area is 139 Å². The minimum Gasteiger partial charge on any atom is -0.481 e. The molecule has 2 amide bonds. The highest BCUT2D eigenvalue weighted by Gasteiger charge is 2.53. The minimum absolute atomic E-state index is 0.314. The van der Waals surface area contributed by atoms with Gasteiger partial charge in [0.1, 0.15) is 0 Å². The number of hydrogen-bond donors (Lipinski definition) is 2. The van der Waals surface area contributed by atoms with Gasteiger partial charge in [-0.3, -0.25) is 4.79 Å². The molecule has 8 heteroatoms. The second kappa shape index (κ2) is 7.19. The van der Waals surface area contributed by atoms with Gasteiger partial charge in [0, 0.05) is 19.6 Å². The smallest absolute Gasteiger partial charge is 0.394 e. The van der Waals surface area contributed by atoms with Gasteiger partial charge >= 0.3 is 18.2 Å². The van der Waals surface area contributed by atoms with Crippen LogP contribution in [-0.2, 0) is 4.79 Å². The molecular formula is C16H25F3N2O3. The fourth-order valence-corrected chi connectivity index (χ4v) is 3.86.